The highest BCUT2D eigenvalue weighted by molar-refractivity contribution is 5.65. The molecule has 5 heterocycles. The summed E-state index contributed by atoms with van der Waals surface area (Å²) >= 11 is 0. The molecule has 9 nitrogen and oxygen atoms in total. The molecule has 3 atom stereocenters. The second kappa shape index (κ2) is 10.3. The van der Waals surface area contributed by atoms with Crippen LogP contribution in [-0.2, 0) is 26.4 Å². The van der Waals surface area contributed by atoms with Crippen molar-refractivity contribution in [3.8, 4) is 11.5 Å². The second-order valence-corrected chi connectivity index (χ2v) is 9.60. The van der Waals surface area contributed by atoms with Gasteiger partial charge >= 0.3 is 0 Å². The summed E-state index contributed by atoms with van der Waals surface area (Å²) in [5, 5.41) is 0. The van der Waals surface area contributed by atoms with Crippen LogP contribution in [0.25, 0.3) is 11.5 Å². The SMILES string of the molecule is C1CC2CC1O2.COC(c1ccccc1)n1cnc(N)c2nc(C(C)(C)OCc3ccncc3)nc1-2. The normalized spacial score (nSPS) is 19.4. The Morgan fingerprint density at radius 1 is 1.08 bits per heavy atom. The standard InChI is InChI=1S/C22H24N6O2.C5H8O/c1-22(2,30-13-15-9-11-24-12-10-15)21-26-17-18(23)25-14-28(19(17)27-21)20(29-3)16-7-5-4-6-8-16;1-2-5-3-4(1)6-5/h4-12,14,20H,13,23H2,1-3H3;4-5H,1-3H2. The number of aromatic nitrogens is 5. The third kappa shape index (κ3) is 5.09. The monoisotopic (exact) mass is 488 g/mol. The number of anilines is 1. The first-order valence-electron chi connectivity index (χ1n) is 12.2. The van der Waals surface area contributed by atoms with Crippen LogP contribution in [0.2, 0.25) is 0 Å². The average Bonchev–Trinajstić information content (AvgIpc) is 3.64. The fourth-order valence-corrected chi connectivity index (χ4v) is 4.50. The molecule has 3 unspecified atom stereocenters. The molecule has 188 valence electrons. The maximum atomic E-state index is 6.13. The Morgan fingerprint density at radius 2 is 1.78 bits per heavy atom. The lowest BCUT2D eigenvalue weighted by Gasteiger charge is -2.23. The van der Waals surface area contributed by atoms with E-state index < -0.39 is 11.8 Å². The summed E-state index contributed by atoms with van der Waals surface area (Å²) in [4.78, 5) is 17.8. The van der Waals surface area contributed by atoms with E-state index in [4.69, 9.17) is 24.9 Å². The quantitative estimate of drug-likeness (QED) is 0.409. The number of fused-ring (bicyclic) bond motifs is 2. The molecule has 1 aromatic heterocycles. The fraction of sp³-hybridized carbons (Fsp3) is 0.407. The van der Waals surface area contributed by atoms with Gasteiger partial charge < -0.3 is 19.9 Å². The van der Waals surface area contributed by atoms with Crippen LogP contribution in [-0.4, -0.2) is 43.8 Å². The number of nitrogens with two attached hydrogens (primary N) is 1. The van der Waals surface area contributed by atoms with Crippen molar-refractivity contribution in [3.63, 3.8) is 0 Å². The molecule has 5 aliphatic rings. The lowest BCUT2D eigenvalue weighted by atomic mass is 10.1. The number of ether oxygens (including phenoxy) is 3. The highest BCUT2D eigenvalue weighted by Gasteiger charge is 2.37. The minimum absolute atomic E-state index is 0.313. The van der Waals surface area contributed by atoms with Crippen LogP contribution < -0.4 is 5.73 Å². The van der Waals surface area contributed by atoms with E-state index in [9.17, 15) is 0 Å². The van der Waals surface area contributed by atoms with Gasteiger partial charge in [0.2, 0.25) is 0 Å². The largest absolute Gasteiger partial charge is 0.382 e. The zero-order valence-corrected chi connectivity index (χ0v) is 20.9. The molecule has 2 saturated heterocycles. The van der Waals surface area contributed by atoms with Crippen molar-refractivity contribution < 1.29 is 14.2 Å². The summed E-state index contributed by atoms with van der Waals surface area (Å²) in [6.45, 7) is 4.28. The number of rotatable bonds is 7. The molecule has 1 aliphatic carbocycles. The zero-order chi connectivity index (χ0) is 25.1. The van der Waals surface area contributed by atoms with Crippen molar-refractivity contribution in [1.29, 1.82) is 0 Å². The van der Waals surface area contributed by atoms with E-state index in [-0.39, 0.29) is 0 Å². The molecule has 2 N–H and O–H groups in total. The maximum Gasteiger partial charge on any atom is 0.168 e. The van der Waals surface area contributed by atoms with E-state index in [1.54, 1.807) is 25.8 Å². The molecule has 0 spiro atoms. The number of methoxy groups -OCH3 is 1. The van der Waals surface area contributed by atoms with Crippen molar-refractivity contribution in [2.24, 2.45) is 0 Å². The van der Waals surface area contributed by atoms with Crippen LogP contribution in [0.3, 0.4) is 0 Å². The lowest BCUT2D eigenvalue weighted by Crippen LogP contribution is -2.25. The van der Waals surface area contributed by atoms with Crippen LogP contribution in [0.15, 0.2) is 61.2 Å². The summed E-state index contributed by atoms with van der Waals surface area (Å²) in [6, 6.07) is 13.7. The minimum Gasteiger partial charge on any atom is -0.382 e. The summed E-state index contributed by atoms with van der Waals surface area (Å²) in [6.07, 6.45) is 10.1. The van der Waals surface area contributed by atoms with Gasteiger partial charge in [0.15, 0.2) is 29.4 Å². The first-order chi connectivity index (χ1) is 17.4. The van der Waals surface area contributed by atoms with Gasteiger partial charge in [0.1, 0.15) is 11.9 Å². The van der Waals surface area contributed by atoms with Gasteiger partial charge in [0, 0.05) is 25.1 Å². The van der Waals surface area contributed by atoms with Gasteiger partial charge in [-0.1, -0.05) is 30.3 Å². The van der Waals surface area contributed by atoms with Crippen molar-refractivity contribution in [2.45, 2.75) is 63.8 Å². The average molecular weight is 489 g/mol. The Kier molecular flexibility index (Phi) is 6.95. The molecule has 36 heavy (non-hydrogen) atoms. The van der Waals surface area contributed by atoms with Crippen molar-refractivity contribution in [1.82, 2.24) is 24.5 Å². The van der Waals surface area contributed by atoms with Crippen molar-refractivity contribution in [2.75, 3.05) is 12.8 Å². The topological polar surface area (TPSA) is 110 Å². The summed E-state index contributed by atoms with van der Waals surface area (Å²) in [5.41, 5.74) is 7.89. The maximum absolute atomic E-state index is 6.13. The van der Waals surface area contributed by atoms with Crippen LogP contribution in [0.4, 0.5) is 5.82 Å². The molecular formula is C27H32N6O3. The molecule has 9 heteroatoms. The van der Waals surface area contributed by atoms with Crippen LogP contribution in [0.1, 0.15) is 56.3 Å². The van der Waals surface area contributed by atoms with Crippen LogP contribution in [0.5, 0.6) is 0 Å². The Bertz CT molecular complexity index is 1230. The molecule has 3 fully saturated rings. The third-order valence-electron chi connectivity index (χ3n) is 6.62. The summed E-state index contributed by atoms with van der Waals surface area (Å²) in [7, 11) is 1.64. The van der Waals surface area contributed by atoms with Gasteiger partial charge in [0.05, 0.1) is 18.8 Å². The van der Waals surface area contributed by atoms with E-state index in [1.807, 2.05) is 60.9 Å². The van der Waals surface area contributed by atoms with Gasteiger partial charge in [-0.25, -0.2) is 15.0 Å². The molecule has 0 amide bonds. The molecule has 1 aromatic carbocycles. The number of imidazole rings is 1. The molecule has 2 aromatic rings. The van der Waals surface area contributed by atoms with E-state index in [0.717, 1.165) is 11.1 Å². The number of pyridine rings is 1. The predicted molar refractivity (Wildman–Crippen MR) is 135 cm³/mol. The van der Waals surface area contributed by atoms with Gasteiger partial charge in [-0.2, -0.15) is 0 Å². The third-order valence-corrected chi connectivity index (χ3v) is 6.62. The Morgan fingerprint density at radius 3 is 2.39 bits per heavy atom. The van der Waals surface area contributed by atoms with E-state index in [0.29, 0.717) is 42.0 Å². The van der Waals surface area contributed by atoms with E-state index in [2.05, 4.69) is 15.0 Å². The first kappa shape index (κ1) is 24.3. The van der Waals surface area contributed by atoms with E-state index in [1.165, 1.54) is 19.3 Å². The number of nitrogen functional groups attached to an aromatic ring is 1. The van der Waals surface area contributed by atoms with Gasteiger partial charge in [-0.05, 0) is 50.8 Å². The van der Waals surface area contributed by atoms with E-state index >= 15 is 0 Å². The highest BCUT2D eigenvalue weighted by atomic mass is 16.5. The molecule has 2 bridgehead atoms. The van der Waals surface area contributed by atoms with Crippen molar-refractivity contribution >= 4 is 5.82 Å². The molecule has 1 saturated carbocycles. The zero-order valence-electron chi connectivity index (χ0n) is 20.9. The van der Waals surface area contributed by atoms with Gasteiger partial charge in [-0.3, -0.25) is 9.55 Å². The predicted octanol–water partition coefficient (Wildman–Crippen LogP) is 4.34. The van der Waals surface area contributed by atoms with Crippen molar-refractivity contribution in [3.05, 3.63) is 78.1 Å². The second-order valence-electron chi connectivity index (χ2n) is 9.60. The van der Waals surface area contributed by atoms with Crippen LogP contribution >= 0.6 is 0 Å². The fourth-order valence-electron chi connectivity index (χ4n) is 4.50. The Labute approximate surface area is 211 Å². The summed E-state index contributed by atoms with van der Waals surface area (Å²) in [5.74, 6) is 1.43. The van der Waals surface area contributed by atoms with Gasteiger partial charge in [0.25, 0.3) is 0 Å². The molecule has 4 aliphatic heterocycles. The minimum atomic E-state index is -0.734. The molecule has 7 rings (SSSR count). The molecular weight excluding hydrogens is 456 g/mol. The highest BCUT2D eigenvalue weighted by Crippen LogP contribution is 2.36. The number of benzene rings is 1. The number of hydrogen-bond donors (Lipinski definition) is 1. The number of nitrogens with zero attached hydrogens (tertiary/aromatic N) is 5. The molecule has 0 radical (unpaired) electrons. The van der Waals surface area contributed by atoms with Gasteiger partial charge in [-0.15, -0.1) is 0 Å². The first-order valence-corrected chi connectivity index (χ1v) is 12.2. The van der Waals surface area contributed by atoms with Crippen LogP contribution in [0, 0.1) is 0 Å². The Hall–Kier alpha value is -3.40. The summed E-state index contributed by atoms with van der Waals surface area (Å²) < 4.78 is 19.0. The lowest BCUT2D eigenvalue weighted by molar-refractivity contribution is -0.0647. The number of hydrogen-bond acceptors (Lipinski definition) is 8. The Balaban J connectivity index is 0.000000382. The smallest absolute Gasteiger partial charge is 0.168 e.